The van der Waals surface area contributed by atoms with Crippen molar-refractivity contribution in [2.24, 2.45) is 11.7 Å². The molecule has 1 saturated heterocycles. The zero-order valence-corrected chi connectivity index (χ0v) is 7.80. The number of hydrogen-bond acceptors (Lipinski definition) is 3. The second kappa shape index (κ2) is 3.54. The van der Waals surface area contributed by atoms with Crippen LogP contribution < -0.4 is 5.73 Å². The third-order valence-electron chi connectivity index (χ3n) is 2.17. The van der Waals surface area contributed by atoms with Crippen LogP contribution >= 0.6 is 0 Å². The highest BCUT2D eigenvalue weighted by atomic mass is 16.5. The van der Waals surface area contributed by atoms with Gasteiger partial charge in [0.1, 0.15) is 0 Å². The Hall–Kier alpha value is -0.410. The molecule has 0 bridgehead atoms. The molecular formula is C9H17NO2. The van der Waals surface area contributed by atoms with Gasteiger partial charge in [0.15, 0.2) is 5.78 Å². The van der Waals surface area contributed by atoms with Crippen LogP contribution in [0.25, 0.3) is 0 Å². The number of Topliss-reactive ketones (excluding diaryl/α,β-unsaturated/α-hetero) is 1. The molecule has 1 unspecified atom stereocenters. The average molecular weight is 171 g/mol. The highest BCUT2D eigenvalue weighted by Crippen LogP contribution is 2.18. The van der Waals surface area contributed by atoms with Gasteiger partial charge in [-0.05, 0) is 26.7 Å². The molecule has 1 fully saturated rings. The lowest BCUT2D eigenvalue weighted by molar-refractivity contribution is -0.131. The van der Waals surface area contributed by atoms with Gasteiger partial charge in [0.25, 0.3) is 0 Å². The second-order valence-electron chi connectivity index (χ2n) is 4.00. The molecule has 70 valence electrons. The zero-order valence-electron chi connectivity index (χ0n) is 7.80. The minimum Gasteiger partial charge on any atom is -0.381 e. The number of ether oxygens (including phenoxy) is 1. The fourth-order valence-corrected chi connectivity index (χ4v) is 1.47. The first kappa shape index (κ1) is 9.68. The molecule has 0 saturated carbocycles. The lowest BCUT2D eigenvalue weighted by Crippen LogP contribution is -2.47. The maximum Gasteiger partial charge on any atom is 0.157 e. The van der Waals surface area contributed by atoms with Crippen molar-refractivity contribution in [3.8, 4) is 0 Å². The third-order valence-corrected chi connectivity index (χ3v) is 2.17. The Morgan fingerprint density at radius 1 is 1.58 bits per heavy atom. The molecule has 3 heteroatoms. The van der Waals surface area contributed by atoms with Crippen molar-refractivity contribution in [2.45, 2.75) is 32.2 Å². The average Bonchev–Trinajstić information content (AvgIpc) is 2.03. The van der Waals surface area contributed by atoms with Crippen molar-refractivity contribution < 1.29 is 9.53 Å². The van der Waals surface area contributed by atoms with Crippen LogP contribution in [-0.4, -0.2) is 24.5 Å². The number of carbonyl (C=O) groups is 1. The molecule has 1 aliphatic heterocycles. The van der Waals surface area contributed by atoms with Gasteiger partial charge in [0.2, 0.25) is 0 Å². The number of carbonyl (C=O) groups excluding carboxylic acids is 1. The van der Waals surface area contributed by atoms with Gasteiger partial charge in [0, 0.05) is 12.5 Å². The van der Waals surface area contributed by atoms with Crippen molar-refractivity contribution in [1.29, 1.82) is 0 Å². The molecule has 1 atom stereocenters. The van der Waals surface area contributed by atoms with Gasteiger partial charge in [-0.25, -0.2) is 0 Å². The van der Waals surface area contributed by atoms with Gasteiger partial charge in [-0.15, -0.1) is 0 Å². The quantitative estimate of drug-likeness (QED) is 0.666. The van der Waals surface area contributed by atoms with Crippen molar-refractivity contribution in [2.75, 3.05) is 13.2 Å². The summed E-state index contributed by atoms with van der Waals surface area (Å²) in [7, 11) is 0. The van der Waals surface area contributed by atoms with E-state index in [9.17, 15) is 4.79 Å². The lowest BCUT2D eigenvalue weighted by atomic mass is 9.86. The SMILES string of the molecule is CC(C)(N)C(=O)C1CCCOC1. The van der Waals surface area contributed by atoms with Gasteiger partial charge in [-0.3, -0.25) is 4.79 Å². The summed E-state index contributed by atoms with van der Waals surface area (Å²) >= 11 is 0. The van der Waals surface area contributed by atoms with Crippen molar-refractivity contribution in [3.05, 3.63) is 0 Å². The van der Waals surface area contributed by atoms with E-state index in [2.05, 4.69) is 0 Å². The summed E-state index contributed by atoms with van der Waals surface area (Å²) in [5, 5.41) is 0. The largest absolute Gasteiger partial charge is 0.381 e. The lowest BCUT2D eigenvalue weighted by Gasteiger charge is -2.27. The van der Waals surface area contributed by atoms with E-state index in [1.165, 1.54) is 0 Å². The fourth-order valence-electron chi connectivity index (χ4n) is 1.47. The summed E-state index contributed by atoms with van der Waals surface area (Å²) in [5.74, 6) is 0.154. The van der Waals surface area contributed by atoms with Crippen LogP contribution in [0.4, 0.5) is 0 Å². The van der Waals surface area contributed by atoms with Crippen LogP contribution in [0.5, 0.6) is 0 Å². The first-order valence-electron chi connectivity index (χ1n) is 4.43. The summed E-state index contributed by atoms with van der Waals surface area (Å²) < 4.78 is 5.22. The molecule has 0 aromatic heterocycles. The summed E-state index contributed by atoms with van der Waals surface area (Å²) in [6, 6.07) is 0. The normalized spacial score (nSPS) is 25.4. The maximum atomic E-state index is 11.6. The molecule has 0 amide bonds. The van der Waals surface area contributed by atoms with Gasteiger partial charge in [0.05, 0.1) is 12.1 Å². The van der Waals surface area contributed by atoms with Gasteiger partial charge in [-0.1, -0.05) is 0 Å². The topological polar surface area (TPSA) is 52.3 Å². The molecule has 1 heterocycles. The summed E-state index contributed by atoms with van der Waals surface area (Å²) in [6.07, 6.45) is 1.91. The van der Waals surface area contributed by atoms with Crippen LogP contribution in [-0.2, 0) is 9.53 Å². The van der Waals surface area contributed by atoms with Crippen LogP contribution in [0.1, 0.15) is 26.7 Å². The summed E-state index contributed by atoms with van der Waals surface area (Å²) in [6.45, 7) is 4.85. The van der Waals surface area contributed by atoms with E-state index in [-0.39, 0.29) is 11.7 Å². The van der Waals surface area contributed by atoms with Crippen LogP contribution in [0, 0.1) is 5.92 Å². The number of hydrogen-bond donors (Lipinski definition) is 1. The van der Waals surface area contributed by atoms with Gasteiger partial charge < -0.3 is 10.5 Å². The van der Waals surface area contributed by atoms with Crippen LogP contribution in [0.3, 0.4) is 0 Å². The molecule has 0 aromatic rings. The molecule has 0 spiro atoms. The molecule has 12 heavy (non-hydrogen) atoms. The Kier molecular flexibility index (Phi) is 2.85. The van der Waals surface area contributed by atoms with E-state index in [1.54, 1.807) is 13.8 Å². The predicted molar refractivity (Wildman–Crippen MR) is 46.8 cm³/mol. The van der Waals surface area contributed by atoms with E-state index >= 15 is 0 Å². The molecule has 1 aliphatic rings. The Balaban J connectivity index is 2.51. The third kappa shape index (κ3) is 2.29. The van der Waals surface area contributed by atoms with E-state index < -0.39 is 5.54 Å². The molecule has 3 nitrogen and oxygen atoms in total. The van der Waals surface area contributed by atoms with E-state index in [0.717, 1.165) is 19.4 Å². The standard InChI is InChI=1S/C9H17NO2/c1-9(2,10)8(11)7-4-3-5-12-6-7/h7H,3-6,10H2,1-2H3. The minimum absolute atomic E-state index is 0.0266. The van der Waals surface area contributed by atoms with Gasteiger partial charge >= 0.3 is 0 Å². The first-order chi connectivity index (χ1) is 5.52. The van der Waals surface area contributed by atoms with Crippen molar-refractivity contribution in [1.82, 2.24) is 0 Å². The second-order valence-corrected chi connectivity index (χ2v) is 4.00. The highest BCUT2D eigenvalue weighted by molar-refractivity contribution is 5.89. The Morgan fingerprint density at radius 3 is 2.67 bits per heavy atom. The number of rotatable bonds is 2. The molecule has 1 rings (SSSR count). The monoisotopic (exact) mass is 171 g/mol. The Labute approximate surface area is 73.3 Å². The van der Waals surface area contributed by atoms with Crippen molar-refractivity contribution >= 4 is 5.78 Å². The van der Waals surface area contributed by atoms with E-state index in [4.69, 9.17) is 10.5 Å². The molecule has 2 N–H and O–H groups in total. The summed E-state index contributed by atoms with van der Waals surface area (Å²) in [5.41, 5.74) is 5.00. The predicted octanol–water partition coefficient (Wildman–Crippen LogP) is 0.719. The van der Waals surface area contributed by atoms with Crippen LogP contribution in [0.2, 0.25) is 0 Å². The van der Waals surface area contributed by atoms with Crippen molar-refractivity contribution in [3.63, 3.8) is 0 Å². The minimum atomic E-state index is -0.703. The number of nitrogens with two attached hydrogens (primary N) is 1. The molecule has 0 radical (unpaired) electrons. The smallest absolute Gasteiger partial charge is 0.157 e. The molecular weight excluding hydrogens is 154 g/mol. The molecule has 0 aliphatic carbocycles. The summed E-state index contributed by atoms with van der Waals surface area (Å²) in [4.78, 5) is 11.6. The highest BCUT2D eigenvalue weighted by Gasteiger charge is 2.31. The molecule has 0 aromatic carbocycles. The van der Waals surface area contributed by atoms with Crippen LogP contribution in [0.15, 0.2) is 0 Å². The Bertz CT molecular complexity index is 166. The number of ketones is 1. The fraction of sp³-hybridized carbons (Fsp3) is 0.889. The maximum absolute atomic E-state index is 11.6. The Morgan fingerprint density at radius 2 is 2.25 bits per heavy atom. The van der Waals surface area contributed by atoms with E-state index in [1.807, 2.05) is 0 Å². The zero-order chi connectivity index (χ0) is 9.19. The van der Waals surface area contributed by atoms with Gasteiger partial charge in [-0.2, -0.15) is 0 Å². The first-order valence-corrected chi connectivity index (χ1v) is 4.43. The van der Waals surface area contributed by atoms with E-state index in [0.29, 0.717) is 6.61 Å².